The highest BCUT2D eigenvalue weighted by molar-refractivity contribution is 5.83. The highest BCUT2D eigenvalue weighted by atomic mass is 16.6. The molecule has 10 heteroatoms. The third-order valence-corrected chi connectivity index (χ3v) is 9.02. The molecule has 1 aliphatic carbocycles. The summed E-state index contributed by atoms with van der Waals surface area (Å²) in [6, 6.07) is 8.94. The second-order valence-corrected chi connectivity index (χ2v) is 13.3. The van der Waals surface area contributed by atoms with Crippen molar-refractivity contribution in [1.82, 2.24) is 29.4 Å². The van der Waals surface area contributed by atoms with Crippen LogP contribution in [0.3, 0.4) is 0 Å². The van der Waals surface area contributed by atoms with Crippen LogP contribution in [0.25, 0.3) is 22.2 Å². The Morgan fingerprint density at radius 2 is 1.93 bits per heavy atom. The summed E-state index contributed by atoms with van der Waals surface area (Å²) in [6.07, 6.45) is 4.02. The number of pyridine rings is 1. The standard InChI is InChI=1S/C31H43N7O3/c1-17(2)37(15-24-27(39)28(40)30(41-24)38-16-34-26-21(32)10-11-33-29(26)38)20-12-18(13-20)6-9-25-35-22-8-7-19(31(3,4)5)14-23(22)36-25/h7-8,10-11,14,16-18,20,24,27-28,30,39-40H,6,9,12-13,15H2,1-5H3,(H2,32,33)(H,35,36)/t18?,20?,24-,27-,28-,30-/m1/s1. The minimum absolute atomic E-state index is 0.112. The molecule has 0 radical (unpaired) electrons. The number of nitrogens with two attached hydrogens (primary N) is 1. The second-order valence-electron chi connectivity index (χ2n) is 13.3. The summed E-state index contributed by atoms with van der Waals surface area (Å²) in [5.74, 6) is 1.70. The Morgan fingerprint density at radius 3 is 2.66 bits per heavy atom. The van der Waals surface area contributed by atoms with E-state index in [0.29, 0.717) is 35.4 Å². The number of aromatic nitrogens is 5. The number of rotatable bonds is 8. The van der Waals surface area contributed by atoms with E-state index in [9.17, 15) is 10.2 Å². The molecule has 1 aromatic carbocycles. The molecule has 0 bridgehead atoms. The van der Waals surface area contributed by atoms with E-state index in [0.717, 1.165) is 42.5 Å². The van der Waals surface area contributed by atoms with Crippen molar-refractivity contribution in [3.63, 3.8) is 0 Å². The first-order chi connectivity index (χ1) is 19.5. The molecule has 0 amide bonds. The van der Waals surface area contributed by atoms with E-state index in [4.69, 9.17) is 15.5 Å². The maximum absolute atomic E-state index is 10.9. The van der Waals surface area contributed by atoms with Gasteiger partial charge in [0.2, 0.25) is 0 Å². The predicted octanol–water partition coefficient (Wildman–Crippen LogP) is 3.93. The van der Waals surface area contributed by atoms with Crippen molar-refractivity contribution in [2.45, 2.75) is 102 Å². The molecule has 0 unspecified atom stereocenters. The van der Waals surface area contributed by atoms with Crippen molar-refractivity contribution in [3.8, 4) is 0 Å². The van der Waals surface area contributed by atoms with Crippen LogP contribution in [-0.2, 0) is 16.6 Å². The summed E-state index contributed by atoms with van der Waals surface area (Å²) in [6.45, 7) is 11.6. The van der Waals surface area contributed by atoms with Gasteiger partial charge >= 0.3 is 0 Å². The van der Waals surface area contributed by atoms with Crippen LogP contribution < -0.4 is 5.73 Å². The Morgan fingerprint density at radius 1 is 1.15 bits per heavy atom. The lowest BCUT2D eigenvalue weighted by Gasteiger charge is -2.46. The minimum Gasteiger partial charge on any atom is -0.397 e. The molecule has 1 saturated carbocycles. The Labute approximate surface area is 240 Å². The highest BCUT2D eigenvalue weighted by Crippen LogP contribution is 2.38. The summed E-state index contributed by atoms with van der Waals surface area (Å²) in [7, 11) is 0. The monoisotopic (exact) mass is 561 g/mol. The number of hydrogen-bond donors (Lipinski definition) is 4. The van der Waals surface area contributed by atoms with Crippen molar-refractivity contribution in [3.05, 3.63) is 48.2 Å². The van der Waals surface area contributed by atoms with Crippen molar-refractivity contribution in [1.29, 1.82) is 0 Å². The molecule has 10 nitrogen and oxygen atoms in total. The zero-order valence-electron chi connectivity index (χ0n) is 24.7. The van der Waals surface area contributed by atoms with Crippen LogP contribution in [-0.4, -0.2) is 76.6 Å². The average Bonchev–Trinajstić information content (AvgIpc) is 3.58. The van der Waals surface area contributed by atoms with Crippen molar-refractivity contribution in [2.24, 2.45) is 5.92 Å². The number of ether oxygens (including phenoxy) is 1. The number of H-pyrrole nitrogens is 1. The number of hydrogen-bond acceptors (Lipinski definition) is 8. The zero-order chi connectivity index (χ0) is 29.1. The first kappa shape index (κ1) is 28.1. The molecule has 41 heavy (non-hydrogen) atoms. The number of anilines is 1. The highest BCUT2D eigenvalue weighted by Gasteiger charge is 2.46. The van der Waals surface area contributed by atoms with Crippen LogP contribution in [0.2, 0.25) is 0 Å². The fraction of sp³-hybridized carbons (Fsp3) is 0.581. The number of nitrogens with one attached hydrogen (secondary N) is 1. The van der Waals surface area contributed by atoms with Gasteiger partial charge in [0.25, 0.3) is 0 Å². The van der Waals surface area contributed by atoms with E-state index < -0.39 is 24.5 Å². The summed E-state index contributed by atoms with van der Waals surface area (Å²) in [5, 5.41) is 21.9. The molecular formula is C31H43N7O3. The number of fused-ring (bicyclic) bond motifs is 2. The number of aliphatic hydroxyl groups excluding tert-OH is 2. The van der Waals surface area contributed by atoms with Crippen molar-refractivity contribution < 1.29 is 14.9 Å². The maximum atomic E-state index is 10.9. The molecule has 4 atom stereocenters. The second kappa shape index (κ2) is 10.7. The van der Waals surface area contributed by atoms with Gasteiger partial charge in [0.05, 0.1) is 23.0 Å². The predicted molar refractivity (Wildman–Crippen MR) is 159 cm³/mol. The third-order valence-electron chi connectivity index (χ3n) is 9.02. The molecule has 1 saturated heterocycles. The topological polar surface area (TPSA) is 138 Å². The minimum atomic E-state index is -1.09. The molecule has 1 aliphatic heterocycles. The fourth-order valence-electron chi connectivity index (χ4n) is 6.43. The zero-order valence-corrected chi connectivity index (χ0v) is 24.7. The average molecular weight is 562 g/mol. The van der Waals surface area contributed by atoms with E-state index in [2.05, 4.69) is 72.7 Å². The molecule has 0 spiro atoms. The third kappa shape index (κ3) is 5.34. The molecule has 3 aromatic heterocycles. The number of benzene rings is 1. The number of imidazole rings is 2. The largest absolute Gasteiger partial charge is 0.397 e. The van der Waals surface area contributed by atoms with Gasteiger partial charge in [0, 0.05) is 31.2 Å². The molecule has 2 aliphatic rings. The Bertz CT molecular complexity index is 1520. The van der Waals surface area contributed by atoms with Gasteiger partial charge in [0.1, 0.15) is 29.7 Å². The van der Waals surface area contributed by atoms with Gasteiger partial charge in [-0.3, -0.25) is 9.47 Å². The molecule has 6 rings (SSSR count). The fourth-order valence-corrected chi connectivity index (χ4v) is 6.43. The lowest BCUT2D eigenvalue weighted by Crippen LogP contribution is -2.52. The van der Waals surface area contributed by atoms with E-state index in [1.165, 1.54) is 5.56 Å². The summed E-state index contributed by atoms with van der Waals surface area (Å²) in [4.78, 5) is 19.5. The lowest BCUT2D eigenvalue weighted by molar-refractivity contribution is -0.0620. The lowest BCUT2D eigenvalue weighted by atomic mass is 9.76. The van der Waals surface area contributed by atoms with Crippen LogP contribution in [0.1, 0.15) is 71.5 Å². The van der Waals surface area contributed by atoms with E-state index in [1.807, 2.05) is 0 Å². The molecule has 220 valence electrons. The van der Waals surface area contributed by atoms with Crippen LogP contribution in [0.15, 0.2) is 36.8 Å². The number of aromatic amines is 1. The molecule has 4 heterocycles. The van der Waals surface area contributed by atoms with E-state index >= 15 is 0 Å². The van der Waals surface area contributed by atoms with Gasteiger partial charge in [-0.15, -0.1) is 0 Å². The Balaban J connectivity index is 1.06. The van der Waals surface area contributed by atoms with E-state index in [1.54, 1.807) is 23.2 Å². The number of aliphatic hydroxyl groups is 2. The number of aryl methyl sites for hydroxylation is 1. The molecular weight excluding hydrogens is 518 g/mol. The van der Waals surface area contributed by atoms with Gasteiger partial charge in [-0.2, -0.15) is 0 Å². The van der Waals surface area contributed by atoms with Crippen molar-refractivity contribution >= 4 is 27.9 Å². The normalized spacial score (nSPS) is 27.0. The van der Waals surface area contributed by atoms with Gasteiger partial charge in [-0.1, -0.05) is 26.8 Å². The van der Waals surface area contributed by atoms with Crippen LogP contribution in [0.5, 0.6) is 0 Å². The quantitative estimate of drug-likeness (QED) is 0.254. The SMILES string of the molecule is CC(C)N(C[C@H]1O[C@@H](n2cnc3c(N)ccnc32)[C@H](O)[C@@H]1O)C1CC(CCc2nc3ccc(C(C)(C)C)cc3[nH]2)C1. The van der Waals surface area contributed by atoms with Gasteiger partial charge in [-0.25, -0.2) is 15.0 Å². The first-order valence-electron chi connectivity index (χ1n) is 14.8. The van der Waals surface area contributed by atoms with Gasteiger partial charge < -0.3 is 25.7 Å². The Kier molecular flexibility index (Phi) is 7.30. The van der Waals surface area contributed by atoms with Crippen LogP contribution >= 0.6 is 0 Å². The smallest absolute Gasteiger partial charge is 0.165 e. The van der Waals surface area contributed by atoms with Crippen molar-refractivity contribution in [2.75, 3.05) is 12.3 Å². The first-order valence-corrected chi connectivity index (χ1v) is 14.8. The van der Waals surface area contributed by atoms with Gasteiger partial charge in [-0.05, 0) is 68.2 Å². The van der Waals surface area contributed by atoms with Crippen LogP contribution in [0.4, 0.5) is 5.69 Å². The van der Waals surface area contributed by atoms with E-state index in [-0.39, 0.29) is 11.5 Å². The number of nitrogen functional groups attached to an aromatic ring is 1. The summed E-state index contributed by atoms with van der Waals surface area (Å²) >= 11 is 0. The summed E-state index contributed by atoms with van der Waals surface area (Å²) in [5.41, 5.74) is 11.2. The van der Waals surface area contributed by atoms with Gasteiger partial charge in [0.15, 0.2) is 11.9 Å². The molecule has 2 fully saturated rings. The molecule has 5 N–H and O–H groups in total. The summed E-state index contributed by atoms with van der Waals surface area (Å²) < 4.78 is 7.92. The molecule has 4 aromatic rings. The van der Waals surface area contributed by atoms with Crippen LogP contribution in [0, 0.1) is 5.92 Å². The Hall–Kier alpha value is -3.05. The number of nitrogens with zero attached hydrogens (tertiary/aromatic N) is 5. The maximum Gasteiger partial charge on any atom is 0.165 e.